The van der Waals surface area contributed by atoms with E-state index >= 15 is 0 Å². The molecule has 0 amide bonds. The molecule has 2 heterocycles. The third kappa shape index (κ3) is 6.90. The van der Waals surface area contributed by atoms with Crippen LogP contribution >= 0.6 is 12.4 Å². The highest BCUT2D eigenvalue weighted by Gasteiger charge is 2.47. The van der Waals surface area contributed by atoms with Gasteiger partial charge in [0.05, 0.1) is 11.9 Å². The number of Topliss-reactive ketones (excluding diaryl/α,β-unsaturated/α-hetero) is 1. The molecule has 0 unspecified atom stereocenters. The third-order valence-corrected chi connectivity index (χ3v) is 9.18. The SMILES string of the molecule is Cl.Cn1cnc(S(=O)(=O)N2CCN(C3(CCC(=O)c4c(F)cccc4OC(F)F)CCC(F)(F)CC3)CC2)c1. The molecule has 218 valence electrons. The number of carbonyl (C=O) groups excluding carboxylic acids is 1. The fourth-order valence-corrected chi connectivity index (χ4v) is 6.69. The van der Waals surface area contributed by atoms with Crippen LogP contribution in [-0.2, 0) is 17.1 Å². The number of nitrogens with zero attached hydrogens (tertiary/aromatic N) is 4. The first kappa shape index (κ1) is 31.2. The molecule has 0 radical (unpaired) electrons. The second kappa shape index (κ2) is 12.1. The number of hydrogen-bond donors (Lipinski definition) is 0. The Hall–Kier alpha value is -2.29. The van der Waals surface area contributed by atoms with E-state index in [0.717, 1.165) is 18.2 Å². The molecular formula is C24H30ClF5N4O4S. The Balaban J connectivity index is 0.00000420. The van der Waals surface area contributed by atoms with Gasteiger partial charge in [-0.25, -0.2) is 26.6 Å². The van der Waals surface area contributed by atoms with E-state index in [9.17, 15) is 35.2 Å². The van der Waals surface area contributed by atoms with E-state index < -0.39 is 63.9 Å². The maximum absolute atomic E-state index is 14.4. The predicted octanol–water partition coefficient (Wildman–Crippen LogP) is 4.50. The Morgan fingerprint density at radius 1 is 1.10 bits per heavy atom. The van der Waals surface area contributed by atoms with Crippen molar-refractivity contribution in [1.82, 2.24) is 18.8 Å². The zero-order valence-electron chi connectivity index (χ0n) is 21.2. The smallest absolute Gasteiger partial charge is 0.387 e. The van der Waals surface area contributed by atoms with E-state index in [1.807, 2.05) is 4.90 Å². The molecule has 15 heteroatoms. The van der Waals surface area contributed by atoms with Crippen LogP contribution in [0.4, 0.5) is 22.0 Å². The quantitative estimate of drug-likeness (QED) is 0.311. The molecule has 2 aromatic rings. The number of ketones is 1. The largest absolute Gasteiger partial charge is 0.434 e. The minimum Gasteiger partial charge on any atom is -0.434 e. The van der Waals surface area contributed by atoms with Gasteiger partial charge in [-0.1, -0.05) is 6.07 Å². The van der Waals surface area contributed by atoms with Gasteiger partial charge in [-0.05, 0) is 31.4 Å². The first-order valence-electron chi connectivity index (χ1n) is 12.2. The average molecular weight is 601 g/mol. The van der Waals surface area contributed by atoms with Crippen LogP contribution in [0.2, 0.25) is 0 Å². The van der Waals surface area contributed by atoms with Crippen molar-refractivity contribution in [2.24, 2.45) is 7.05 Å². The summed E-state index contributed by atoms with van der Waals surface area (Å²) < 4.78 is 101. The molecule has 1 saturated carbocycles. The van der Waals surface area contributed by atoms with Crippen molar-refractivity contribution in [2.75, 3.05) is 26.2 Å². The average Bonchev–Trinajstić information content (AvgIpc) is 3.30. The number of hydrogen-bond acceptors (Lipinski definition) is 6. The van der Waals surface area contributed by atoms with E-state index in [1.165, 1.54) is 21.4 Å². The second-order valence-corrected chi connectivity index (χ2v) is 11.6. The summed E-state index contributed by atoms with van der Waals surface area (Å²) in [6.45, 7) is -2.57. The second-order valence-electron chi connectivity index (χ2n) is 9.76. The number of aromatic nitrogens is 2. The normalized spacial score (nSPS) is 20.0. The fraction of sp³-hybridized carbons (Fsp3) is 0.583. The van der Waals surface area contributed by atoms with Crippen LogP contribution in [0.5, 0.6) is 5.75 Å². The van der Waals surface area contributed by atoms with Crippen LogP contribution in [-0.4, -0.2) is 77.2 Å². The van der Waals surface area contributed by atoms with Gasteiger partial charge in [-0.15, -0.1) is 12.4 Å². The molecule has 8 nitrogen and oxygen atoms in total. The number of alkyl halides is 4. The zero-order chi connectivity index (χ0) is 27.7. The number of ether oxygens (including phenoxy) is 1. The Morgan fingerprint density at radius 3 is 2.31 bits per heavy atom. The maximum atomic E-state index is 14.4. The molecule has 1 aromatic carbocycles. The number of sulfonamides is 1. The van der Waals surface area contributed by atoms with Crippen molar-refractivity contribution in [3.8, 4) is 5.75 Å². The molecule has 39 heavy (non-hydrogen) atoms. The van der Waals surface area contributed by atoms with Crippen LogP contribution in [0.25, 0.3) is 0 Å². The Bertz CT molecular complexity index is 1260. The number of aryl methyl sites for hydroxylation is 1. The minimum absolute atomic E-state index is 0. The lowest BCUT2D eigenvalue weighted by atomic mass is 9.74. The van der Waals surface area contributed by atoms with Crippen molar-refractivity contribution >= 4 is 28.2 Å². The van der Waals surface area contributed by atoms with Crippen molar-refractivity contribution in [2.45, 2.75) is 61.6 Å². The van der Waals surface area contributed by atoms with Crippen LogP contribution in [0.1, 0.15) is 48.9 Å². The molecule has 0 spiro atoms. The van der Waals surface area contributed by atoms with E-state index in [0.29, 0.717) is 0 Å². The topological polar surface area (TPSA) is 84.7 Å². The van der Waals surface area contributed by atoms with Crippen molar-refractivity contribution in [3.63, 3.8) is 0 Å². The van der Waals surface area contributed by atoms with E-state index in [4.69, 9.17) is 0 Å². The van der Waals surface area contributed by atoms with Gasteiger partial charge in [-0.2, -0.15) is 13.1 Å². The number of carbonyl (C=O) groups is 1. The predicted molar refractivity (Wildman–Crippen MR) is 134 cm³/mol. The van der Waals surface area contributed by atoms with Crippen LogP contribution in [0.15, 0.2) is 35.7 Å². The van der Waals surface area contributed by atoms with Gasteiger partial charge in [0.1, 0.15) is 11.6 Å². The lowest BCUT2D eigenvalue weighted by Crippen LogP contribution is -2.59. The summed E-state index contributed by atoms with van der Waals surface area (Å²) in [6.07, 6.45) is 1.86. The molecule has 1 aliphatic carbocycles. The molecule has 1 aromatic heterocycles. The fourth-order valence-electron chi connectivity index (χ4n) is 5.30. The molecule has 2 aliphatic rings. The zero-order valence-corrected chi connectivity index (χ0v) is 22.8. The summed E-state index contributed by atoms with van der Waals surface area (Å²) in [5.41, 5.74) is -1.46. The lowest BCUT2D eigenvalue weighted by Gasteiger charge is -2.50. The maximum Gasteiger partial charge on any atom is 0.387 e. The van der Waals surface area contributed by atoms with Crippen molar-refractivity contribution in [1.29, 1.82) is 0 Å². The Morgan fingerprint density at radius 2 is 1.74 bits per heavy atom. The summed E-state index contributed by atoms with van der Waals surface area (Å²) in [4.78, 5) is 18.8. The highest BCUT2D eigenvalue weighted by molar-refractivity contribution is 7.89. The van der Waals surface area contributed by atoms with Gasteiger partial charge >= 0.3 is 6.61 Å². The Labute approximate surface area is 229 Å². The first-order valence-corrected chi connectivity index (χ1v) is 13.6. The molecule has 2 fully saturated rings. The molecule has 1 saturated heterocycles. The first-order chi connectivity index (χ1) is 17.8. The monoisotopic (exact) mass is 600 g/mol. The highest BCUT2D eigenvalue weighted by atomic mass is 35.5. The van der Waals surface area contributed by atoms with Crippen molar-refractivity contribution in [3.05, 3.63) is 42.1 Å². The van der Waals surface area contributed by atoms with E-state index in [1.54, 1.807) is 7.05 Å². The van der Waals surface area contributed by atoms with Gasteiger partial charge in [0.15, 0.2) is 10.8 Å². The van der Waals surface area contributed by atoms with Gasteiger partial charge in [0, 0.05) is 64.2 Å². The number of halogens is 6. The Kier molecular flexibility index (Phi) is 9.67. The summed E-state index contributed by atoms with van der Waals surface area (Å²) in [5, 5.41) is -0.0854. The van der Waals surface area contributed by atoms with Gasteiger partial charge in [-0.3, -0.25) is 9.69 Å². The summed E-state index contributed by atoms with van der Waals surface area (Å²) in [5.74, 6) is -5.22. The lowest BCUT2D eigenvalue weighted by molar-refractivity contribution is -0.0891. The number of imidazole rings is 1. The summed E-state index contributed by atoms with van der Waals surface area (Å²) in [6, 6.07) is 3.18. The molecule has 0 bridgehead atoms. The molecular weight excluding hydrogens is 571 g/mol. The number of piperazine rings is 1. The number of rotatable bonds is 9. The minimum atomic E-state index is -3.83. The van der Waals surface area contributed by atoms with Crippen LogP contribution in [0.3, 0.4) is 0 Å². The number of benzene rings is 1. The van der Waals surface area contributed by atoms with Crippen LogP contribution in [0, 0.1) is 5.82 Å². The van der Waals surface area contributed by atoms with E-state index in [-0.39, 0.29) is 69.3 Å². The third-order valence-electron chi connectivity index (χ3n) is 7.39. The van der Waals surface area contributed by atoms with Crippen molar-refractivity contribution < 1.29 is 39.9 Å². The molecule has 0 atom stereocenters. The van der Waals surface area contributed by atoms with E-state index in [2.05, 4.69) is 9.72 Å². The van der Waals surface area contributed by atoms with Gasteiger partial charge < -0.3 is 9.30 Å². The summed E-state index contributed by atoms with van der Waals surface area (Å²) >= 11 is 0. The van der Waals surface area contributed by atoms with Crippen LogP contribution < -0.4 is 4.74 Å². The summed E-state index contributed by atoms with van der Waals surface area (Å²) in [7, 11) is -2.18. The molecule has 0 N–H and O–H groups in total. The van der Waals surface area contributed by atoms with Gasteiger partial charge in [0.2, 0.25) is 5.92 Å². The molecule has 1 aliphatic heterocycles. The highest BCUT2D eigenvalue weighted by Crippen LogP contribution is 2.45. The van der Waals surface area contributed by atoms with Gasteiger partial charge in [0.25, 0.3) is 10.0 Å². The standard InChI is InChI=1S/C24H29F5N4O4S.ClH/c1-31-15-20(30-16-31)38(35,36)33-13-11-32(12-14-33)23(7-9-24(28,29)10-8-23)6-5-18(34)21-17(25)3-2-4-19(21)37-22(26)27;/h2-4,15-16,22H,5-14H2,1H3;1H. The molecule has 4 rings (SSSR count).